The summed E-state index contributed by atoms with van der Waals surface area (Å²) in [6.45, 7) is 3.77. The van der Waals surface area contributed by atoms with Gasteiger partial charge in [-0.15, -0.1) is 11.8 Å². The number of hydrogen-bond acceptors (Lipinski definition) is 5. The summed E-state index contributed by atoms with van der Waals surface area (Å²) in [6.07, 6.45) is -5.71. The molecular formula is C23H26F3N3O2S. The Kier molecular flexibility index (Phi) is 6.42. The third-order valence-electron chi connectivity index (χ3n) is 6.16. The minimum Gasteiger partial charge on any atom is -0.386 e. The lowest BCUT2D eigenvalue weighted by molar-refractivity contribution is -0.137. The lowest BCUT2D eigenvalue weighted by Gasteiger charge is -2.42. The van der Waals surface area contributed by atoms with Crippen LogP contribution in [-0.4, -0.2) is 61.4 Å². The molecule has 2 aliphatic heterocycles. The van der Waals surface area contributed by atoms with Crippen LogP contribution in [-0.2, 0) is 15.7 Å². The van der Waals surface area contributed by atoms with Gasteiger partial charge in [0.05, 0.1) is 5.56 Å². The van der Waals surface area contributed by atoms with E-state index in [0.29, 0.717) is 23.4 Å². The molecule has 0 saturated carbocycles. The number of rotatable bonds is 4. The van der Waals surface area contributed by atoms with Crippen molar-refractivity contribution in [1.29, 1.82) is 0 Å². The van der Waals surface area contributed by atoms with E-state index in [4.69, 9.17) is 0 Å². The molecule has 2 aliphatic rings. The minimum absolute atomic E-state index is 0.355. The van der Waals surface area contributed by atoms with Gasteiger partial charge in [-0.3, -0.25) is 4.79 Å². The third kappa shape index (κ3) is 4.21. The topological polar surface area (TPSA) is 55.8 Å². The highest BCUT2D eigenvalue weighted by Gasteiger charge is 2.50. The molecule has 2 aromatic rings. The molecule has 2 unspecified atom stereocenters. The Morgan fingerprint density at radius 3 is 2.34 bits per heavy atom. The van der Waals surface area contributed by atoms with Gasteiger partial charge in [-0.2, -0.15) is 13.2 Å². The smallest absolute Gasteiger partial charge is 0.386 e. The molecule has 9 heteroatoms. The van der Waals surface area contributed by atoms with Crippen LogP contribution in [0.4, 0.5) is 18.9 Å². The van der Waals surface area contributed by atoms with Gasteiger partial charge in [-0.05, 0) is 30.8 Å². The van der Waals surface area contributed by atoms with Gasteiger partial charge in [0.2, 0.25) is 5.91 Å². The fourth-order valence-corrected chi connectivity index (χ4v) is 5.65. The zero-order chi connectivity index (χ0) is 22.9. The van der Waals surface area contributed by atoms with Crippen LogP contribution in [0.3, 0.4) is 0 Å². The van der Waals surface area contributed by atoms with Crippen molar-refractivity contribution in [1.82, 2.24) is 10.2 Å². The largest absolute Gasteiger partial charge is 0.416 e. The number of benzene rings is 2. The van der Waals surface area contributed by atoms with E-state index in [-0.39, 0.29) is 0 Å². The second-order valence-corrected chi connectivity index (χ2v) is 9.51. The SMILES string of the molecule is CN1CCN(c2ccccc2C(O)C2(c3ccc(C(F)(F)F)cc3)SCCNC2=O)CC1. The molecule has 2 saturated heterocycles. The Bertz CT molecular complexity index is 962. The maximum absolute atomic E-state index is 13.2. The first-order valence-corrected chi connectivity index (χ1v) is 11.5. The van der Waals surface area contributed by atoms with Gasteiger partial charge in [0.15, 0.2) is 0 Å². The maximum atomic E-state index is 13.2. The molecule has 172 valence electrons. The summed E-state index contributed by atoms with van der Waals surface area (Å²) in [5.41, 5.74) is 1.01. The predicted octanol–water partition coefficient (Wildman–Crippen LogP) is 3.25. The first-order chi connectivity index (χ1) is 15.2. The van der Waals surface area contributed by atoms with E-state index in [9.17, 15) is 23.1 Å². The number of nitrogens with one attached hydrogen (secondary N) is 1. The Labute approximate surface area is 189 Å². The fraction of sp³-hybridized carbons (Fsp3) is 0.435. The number of carbonyl (C=O) groups is 1. The number of piperazine rings is 1. The second-order valence-electron chi connectivity index (χ2n) is 8.17. The molecule has 2 N–H and O–H groups in total. The average Bonchev–Trinajstić information content (AvgIpc) is 2.79. The summed E-state index contributed by atoms with van der Waals surface area (Å²) >= 11 is 1.27. The number of likely N-dealkylation sites (N-methyl/N-ethyl adjacent to an activating group) is 1. The number of anilines is 1. The molecule has 0 radical (unpaired) electrons. The van der Waals surface area contributed by atoms with Crippen LogP contribution >= 0.6 is 11.8 Å². The first-order valence-electron chi connectivity index (χ1n) is 10.5. The van der Waals surface area contributed by atoms with E-state index < -0.39 is 28.5 Å². The molecule has 2 fully saturated rings. The molecule has 4 rings (SSSR count). The summed E-state index contributed by atoms with van der Waals surface area (Å²) in [7, 11) is 2.06. The number of halogens is 3. The molecular weight excluding hydrogens is 439 g/mol. The molecule has 0 spiro atoms. The van der Waals surface area contributed by atoms with Gasteiger partial charge in [0.1, 0.15) is 10.9 Å². The summed E-state index contributed by atoms with van der Waals surface area (Å²) in [5, 5.41) is 14.5. The van der Waals surface area contributed by atoms with Gasteiger partial charge in [-0.25, -0.2) is 0 Å². The number of nitrogens with zero attached hydrogens (tertiary/aromatic N) is 2. The Morgan fingerprint density at radius 2 is 1.72 bits per heavy atom. The second kappa shape index (κ2) is 8.96. The van der Waals surface area contributed by atoms with Crippen LogP contribution in [0.2, 0.25) is 0 Å². The van der Waals surface area contributed by atoms with E-state index in [1.165, 1.54) is 23.9 Å². The van der Waals surface area contributed by atoms with Crippen LogP contribution in [0.1, 0.15) is 22.8 Å². The zero-order valence-corrected chi connectivity index (χ0v) is 18.5. The Morgan fingerprint density at radius 1 is 1.06 bits per heavy atom. The average molecular weight is 466 g/mol. The van der Waals surface area contributed by atoms with E-state index in [2.05, 4.69) is 22.2 Å². The van der Waals surface area contributed by atoms with Gasteiger partial charge >= 0.3 is 6.18 Å². The molecule has 2 aromatic carbocycles. The molecule has 2 heterocycles. The lowest BCUT2D eigenvalue weighted by atomic mass is 9.85. The summed E-state index contributed by atoms with van der Waals surface area (Å²) in [4.78, 5) is 17.6. The van der Waals surface area contributed by atoms with Crippen LogP contribution in [0, 0.1) is 0 Å². The van der Waals surface area contributed by atoms with E-state index >= 15 is 0 Å². The Balaban J connectivity index is 1.76. The number of hydrogen-bond donors (Lipinski definition) is 2. The minimum atomic E-state index is -4.47. The quantitative estimate of drug-likeness (QED) is 0.726. The maximum Gasteiger partial charge on any atom is 0.416 e. The van der Waals surface area contributed by atoms with Gasteiger partial charge in [0.25, 0.3) is 0 Å². The number of carbonyl (C=O) groups excluding carboxylic acids is 1. The summed E-state index contributed by atoms with van der Waals surface area (Å²) in [5.74, 6) is 0.148. The lowest BCUT2D eigenvalue weighted by Crippen LogP contribution is -2.51. The Hall–Kier alpha value is -2.23. The van der Waals surface area contributed by atoms with Gasteiger partial charge in [-0.1, -0.05) is 30.3 Å². The molecule has 1 amide bonds. The van der Waals surface area contributed by atoms with Crippen molar-refractivity contribution in [3.8, 4) is 0 Å². The number of thioether (sulfide) groups is 1. The molecule has 32 heavy (non-hydrogen) atoms. The standard InChI is InChI=1S/C23H26F3N3O2S/c1-28-11-13-29(14-12-28)19-5-3-2-4-18(19)20(30)22(21(31)27-10-15-32-22)16-6-8-17(9-7-16)23(24,25)26/h2-9,20,30H,10-15H2,1H3,(H,27,31). The first kappa shape index (κ1) is 22.9. The third-order valence-corrected chi connectivity index (χ3v) is 7.66. The number of aliphatic hydroxyl groups excluding tert-OH is 1. The number of aliphatic hydroxyl groups is 1. The van der Waals surface area contributed by atoms with Crippen LogP contribution in [0.15, 0.2) is 48.5 Å². The van der Waals surface area contributed by atoms with Crippen molar-refractivity contribution < 1.29 is 23.1 Å². The van der Waals surface area contributed by atoms with E-state index in [0.717, 1.165) is 44.0 Å². The van der Waals surface area contributed by atoms with Crippen molar-refractivity contribution in [3.05, 3.63) is 65.2 Å². The number of alkyl halides is 3. The number of amides is 1. The number of para-hydroxylation sites is 1. The highest BCUT2D eigenvalue weighted by atomic mass is 32.2. The van der Waals surface area contributed by atoms with Gasteiger partial charge in [0, 0.05) is 49.7 Å². The van der Waals surface area contributed by atoms with Crippen molar-refractivity contribution in [3.63, 3.8) is 0 Å². The highest BCUT2D eigenvalue weighted by molar-refractivity contribution is 8.01. The van der Waals surface area contributed by atoms with Crippen LogP contribution in [0.5, 0.6) is 0 Å². The summed E-state index contributed by atoms with van der Waals surface area (Å²) < 4.78 is 37.9. The van der Waals surface area contributed by atoms with Gasteiger partial charge < -0.3 is 20.2 Å². The van der Waals surface area contributed by atoms with Crippen LogP contribution in [0.25, 0.3) is 0 Å². The zero-order valence-electron chi connectivity index (χ0n) is 17.7. The van der Waals surface area contributed by atoms with E-state index in [1.54, 1.807) is 6.07 Å². The molecule has 0 aromatic heterocycles. The molecule has 2 atom stereocenters. The molecule has 5 nitrogen and oxygen atoms in total. The monoisotopic (exact) mass is 465 g/mol. The van der Waals surface area contributed by atoms with Crippen molar-refractivity contribution >= 4 is 23.4 Å². The highest BCUT2D eigenvalue weighted by Crippen LogP contribution is 2.50. The van der Waals surface area contributed by atoms with Crippen molar-refractivity contribution in [2.24, 2.45) is 0 Å². The van der Waals surface area contributed by atoms with E-state index in [1.807, 2.05) is 18.2 Å². The molecule has 0 bridgehead atoms. The fourth-order valence-electron chi connectivity index (χ4n) is 4.33. The predicted molar refractivity (Wildman–Crippen MR) is 120 cm³/mol. The normalized spacial score (nSPS) is 23.7. The summed E-state index contributed by atoms with van der Waals surface area (Å²) in [6, 6.07) is 12.0. The van der Waals surface area contributed by atoms with Crippen molar-refractivity contribution in [2.75, 3.05) is 50.4 Å². The van der Waals surface area contributed by atoms with Crippen LogP contribution < -0.4 is 10.2 Å². The van der Waals surface area contributed by atoms with Crippen molar-refractivity contribution in [2.45, 2.75) is 17.0 Å². The molecule has 0 aliphatic carbocycles.